The first-order chi connectivity index (χ1) is 14.7. The van der Waals surface area contributed by atoms with Gasteiger partial charge in [-0.2, -0.15) is 5.26 Å². The predicted molar refractivity (Wildman–Crippen MR) is 128 cm³/mol. The summed E-state index contributed by atoms with van der Waals surface area (Å²) in [6, 6.07) is 17.0. The molecule has 0 amide bonds. The van der Waals surface area contributed by atoms with Crippen LogP contribution in [0, 0.1) is 21.8 Å². The molecule has 0 saturated heterocycles. The van der Waals surface area contributed by atoms with E-state index in [1.807, 2.05) is 58.0 Å². The molecule has 2 aromatic carbocycles. The van der Waals surface area contributed by atoms with Crippen LogP contribution in [0.3, 0.4) is 0 Å². The Morgan fingerprint density at radius 3 is 2.55 bits per heavy atom. The summed E-state index contributed by atoms with van der Waals surface area (Å²) in [7, 11) is 0. The lowest BCUT2D eigenvalue weighted by Gasteiger charge is -2.20. The number of nitrogens with zero attached hydrogens (tertiary/aromatic N) is 2. The van der Waals surface area contributed by atoms with E-state index >= 15 is 0 Å². The van der Waals surface area contributed by atoms with E-state index in [1.165, 1.54) is 0 Å². The highest BCUT2D eigenvalue weighted by atomic mass is 127. The highest BCUT2D eigenvalue weighted by molar-refractivity contribution is 14.1. The first kappa shape index (κ1) is 22.8. The third-order valence-corrected chi connectivity index (χ3v) is 5.32. The number of halogens is 1. The maximum absolute atomic E-state index is 12.4. The minimum atomic E-state index is -0.537. The van der Waals surface area contributed by atoms with Gasteiger partial charge in [0.05, 0.1) is 16.8 Å². The van der Waals surface area contributed by atoms with Crippen LogP contribution in [0.2, 0.25) is 0 Å². The van der Waals surface area contributed by atoms with Gasteiger partial charge >= 0.3 is 5.97 Å². The van der Waals surface area contributed by atoms with Crippen molar-refractivity contribution in [2.24, 2.45) is 0 Å². The van der Waals surface area contributed by atoms with Crippen molar-refractivity contribution >= 4 is 28.6 Å². The Labute approximate surface area is 196 Å². The van der Waals surface area contributed by atoms with E-state index in [1.54, 1.807) is 24.4 Å². The van der Waals surface area contributed by atoms with Crippen molar-refractivity contribution in [2.75, 3.05) is 0 Å². The number of aromatic nitrogens is 1. The molecule has 0 fully saturated rings. The van der Waals surface area contributed by atoms with E-state index in [-0.39, 0.29) is 5.97 Å². The molecule has 0 spiro atoms. The Kier molecular flexibility index (Phi) is 6.96. The van der Waals surface area contributed by atoms with E-state index in [9.17, 15) is 4.79 Å². The molecule has 0 bridgehead atoms. The summed E-state index contributed by atoms with van der Waals surface area (Å²) in [6.07, 6.45) is 1.74. The molecule has 3 rings (SSSR count). The number of aryl methyl sites for hydroxylation is 1. The number of carbonyl (C=O) groups excluding carboxylic acids is 1. The lowest BCUT2D eigenvalue weighted by molar-refractivity contribution is 0.00688. The lowest BCUT2D eigenvalue weighted by Crippen LogP contribution is -2.24. The number of hydrogen-bond acceptors (Lipinski definition) is 5. The Morgan fingerprint density at radius 1 is 1.13 bits per heavy atom. The number of ether oxygens (including phenoxy) is 2. The fourth-order valence-electron chi connectivity index (χ4n) is 2.95. The van der Waals surface area contributed by atoms with Gasteiger partial charge in [-0.3, -0.25) is 4.98 Å². The van der Waals surface area contributed by atoms with Gasteiger partial charge in [-0.1, -0.05) is 6.07 Å². The predicted octanol–water partition coefficient (Wildman–Crippen LogP) is 6.07. The molecule has 0 aliphatic rings. The second-order valence-corrected chi connectivity index (χ2v) is 9.29. The second-order valence-electron chi connectivity index (χ2n) is 8.12. The Balaban J connectivity index is 1.75. The van der Waals surface area contributed by atoms with E-state index < -0.39 is 5.60 Å². The molecular formula is C25H23IN2O3. The fourth-order valence-corrected chi connectivity index (χ4v) is 3.56. The van der Waals surface area contributed by atoms with Crippen LogP contribution in [0.1, 0.15) is 47.8 Å². The van der Waals surface area contributed by atoms with Crippen molar-refractivity contribution in [1.29, 1.82) is 5.26 Å². The summed E-state index contributed by atoms with van der Waals surface area (Å²) in [5.74, 6) is 0.378. The normalized spacial score (nSPS) is 11.0. The van der Waals surface area contributed by atoms with Crippen LogP contribution < -0.4 is 4.74 Å². The summed E-state index contributed by atoms with van der Waals surface area (Å²) < 4.78 is 12.2. The third kappa shape index (κ3) is 6.05. The average molecular weight is 526 g/mol. The number of hydrogen-bond donors (Lipinski definition) is 0. The molecule has 0 unspecified atom stereocenters. The van der Waals surface area contributed by atoms with Crippen LogP contribution in [0.15, 0.2) is 54.7 Å². The molecular weight excluding hydrogens is 503 g/mol. The standard InChI is InChI=1S/C25H23IN2O3/c1-16-11-18(6-8-21(16)24(29)31-25(2,3)4)23-12-17(9-10-28-23)15-30-20-7-5-19(14-27)22(26)13-20/h5-13H,15H2,1-4H3. The maximum atomic E-state index is 12.4. The number of benzene rings is 2. The third-order valence-electron chi connectivity index (χ3n) is 4.43. The molecule has 0 radical (unpaired) electrons. The molecule has 1 aromatic heterocycles. The van der Waals surface area contributed by atoms with Crippen LogP contribution >= 0.6 is 22.6 Å². The minimum absolute atomic E-state index is 0.330. The van der Waals surface area contributed by atoms with Crippen LogP contribution in [-0.4, -0.2) is 16.6 Å². The van der Waals surface area contributed by atoms with Gasteiger partial charge in [0, 0.05) is 15.3 Å². The molecule has 158 valence electrons. The summed E-state index contributed by atoms with van der Waals surface area (Å²) in [4.78, 5) is 16.9. The molecule has 0 aliphatic heterocycles. The maximum Gasteiger partial charge on any atom is 0.338 e. The van der Waals surface area contributed by atoms with Crippen molar-refractivity contribution in [3.63, 3.8) is 0 Å². The zero-order valence-corrected chi connectivity index (χ0v) is 20.1. The van der Waals surface area contributed by atoms with Crippen LogP contribution in [-0.2, 0) is 11.3 Å². The van der Waals surface area contributed by atoms with Crippen molar-refractivity contribution in [3.8, 4) is 23.1 Å². The number of pyridine rings is 1. The van der Waals surface area contributed by atoms with Gasteiger partial charge < -0.3 is 9.47 Å². The molecule has 31 heavy (non-hydrogen) atoms. The van der Waals surface area contributed by atoms with E-state index in [0.29, 0.717) is 23.5 Å². The summed E-state index contributed by atoms with van der Waals surface area (Å²) in [5, 5.41) is 9.04. The van der Waals surface area contributed by atoms with E-state index in [4.69, 9.17) is 14.7 Å². The molecule has 5 nitrogen and oxygen atoms in total. The molecule has 0 N–H and O–H groups in total. The molecule has 6 heteroatoms. The first-order valence-electron chi connectivity index (χ1n) is 9.78. The first-order valence-corrected chi connectivity index (χ1v) is 10.9. The summed E-state index contributed by atoms with van der Waals surface area (Å²) >= 11 is 2.13. The topological polar surface area (TPSA) is 72.2 Å². The van der Waals surface area contributed by atoms with Gasteiger partial charge in [0.25, 0.3) is 0 Å². The quantitative estimate of drug-likeness (QED) is 0.298. The van der Waals surface area contributed by atoms with Gasteiger partial charge in [-0.15, -0.1) is 0 Å². The summed E-state index contributed by atoms with van der Waals surface area (Å²) in [5.41, 5.74) is 4.16. The molecule has 0 aliphatic carbocycles. The van der Waals surface area contributed by atoms with Gasteiger partial charge in [0.1, 0.15) is 24.0 Å². The Hall–Kier alpha value is -2.92. The highest BCUT2D eigenvalue weighted by Crippen LogP contribution is 2.24. The highest BCUT2D eigenvalue weighted by Gasteiger charge is 2.19. The smallest absolute Gasteiger partial charge is 0.338 e. The molecule has 0 saturated carbocycles. The minimum Gasteiger partial charge on any atom is -0.489 e. The van der Waals surface area contributed by atoms with Gasteiger partial charge in [-0.25, -0.2) is 4.79 Å². The van der Waals surface area contributed by atoms with Crippen molar-refractivity contribution in [1.82, 2.24) is 4.98 Å². The summed E-state index contributed by atoms with van der Waals surface area (Å²) in [6.45, 7) is 7.83. The number of esters is 1. The van der Waals surface area contributed by atoms with Crippen LogP contribution in [0.4, 0.5) is 0 Å². The monoisotopic (exact) mass is 526 g/mol. The van der Waals surface area contributed by atoms with Crippen LogP contribution in [0.25, 0.3) is 11.3 Å². The van der Waals surface area contributed by atoms with E-state index in [2.05, 4.69) is 33.6 Å². The van der Waals surface area contributed by atoms with E-state index in [0.717, 1.165) is 26.0 Å². The average Bonchev–Trinajstić information content (AvgIpc) is 2.71. The number of nitriles is 1. The van der Waals surface area contributed by atoms with Crippen molar-refractivity contribution in [2.45, 2.75) is 39.9 Å². The lowest BCUT2D eigenvalue weighted by atomic mass is 10.0. The Bertz CT molecular complexity index is 1160. The molecule has 1 heterocycles. The fraction of sp³-hybridized carbons (Fsp3) is 0.240. The second kappa shape index (κ2) is 9.48. The zero-order chi connectivity index (χ0) is 22.6. The van der Waals surface area contributed by atoms with Crippen molar-refractivity contribution in [3.05, 3.63) is 80.6 Å². The SMILES string of the molecule is Cc1cc(-c2cc(COc3ccc(C#N)c(I)c3)ccn2)ccc1C(=O)OC(C)(C)C. The number of rotatable bonds is 5. The zero-order valence-electron chi connectivity index (χ0n) is 17.9. The van der Waals surface area contributed by atoms with Gasteiger partial charge in [-0.05, 0) is 104 Å². The molecule has 3 aromatic rings. The van der Waals surface area contributed by atoms with Crippen molar-refractivity contribution < 1.29 is 14.3 Å². The number of carbonyl (C=O) groups is 1. The molecule has 0 atom stereocenters. The van der Waals surface area contributed by atoms with Crippen LogP contribution in [0.5, 0.6) is 5.75 Å². The Morgan fingerprint density at radius 2 is 1.90 bits per heavy atom. The largest absolute Gasteiger partial charge is 0.489 e. The van der Waals surface area contributed by atoms with Gasteiger partial charge in [0.2, 0.25) is 0 Å². The van der Waals surface area contributed by atoms with Gasteiger partial charge in [0.15, 0.2) is 0 Å².